The maximum absolute atomic E-state index is 9.22. The average Bonchev–Trinajstić information content (AvgIpc) is 2.96. The van der Waals surface area contributed by atoms with Gasteiger partial charge in [0.1, 0.15) is 11.1 Å². The molecular weight excluding hydrogens is 284 g/mol. The first-order valence-corrected chi connectivity index (χ1v) is 8.89. The van der Waals surface area contributed by atoms with Crippen molar-refractivity contribution in [3.63, 3.8) is 0 Å². The van der Waals surface area contributed by atoms with Crippen molar-refractivity contribution in [1.29, 1.82) is 0 Å². The number of aromatic nitrogens is 1. The van der Waals surface area contributed by atoms with Crippen molar-refractivity contribution in [2.24, 2.45) is 5.92 Å². The monoisotopic (exact) mass is 312 g/mol. The molecule has 1 fully saturated rings. The topological polar surface area (TPSA) is 45.6 Å². The van der Waals surface area contributed by atoms with Gasteiger partial charge in [0, 0.05) is 31.2 Å². The molecule has 0 spiro atoms. The quantitative estimate of drug-likeness (QED) is 0.839. The van der Waals surface area contributed by atoms with Gasteiger partial charge >= 0.3 is 0 Å². The number of aliphatic hydroxyl groups excluding tert-OH is 1. The van der Waals surface area contributed by atoms with Crippen molar-refractivity contribution in [3.8, 4) is 0 Å². The number of hydrogen-bond donors (Lipinski definition) is 1. The molecule has 0 radical (unpaired) electrons. The lowest BCUT2D eigenvalue weighted by Crippen LogP contribution is -2.35. The molecule has 1 saturated carbocycles. The molecular formula is C16H28N2O2S. The fourth-order valence-electron chi connectivity index (χ4n) is 3.06. The Balaban J connectivity index is 1.84. The van der Waals surface area contributed by atoms with Gasteiger partial charge in [-0.05, 0) is 52.5 Å². The molecule has 1 heterocycles. The molecule has 1 aromatic rings. The van der Waals surface area contributed by atoms with E-state index in [0.717, 1.165) is 36.7 Å². The van der Waals surface area contributed by atoms with E-state index in [1.54, 1.807) is 11.3 Å². The zero-order valence-corrected chi connectivity index (χ0v) is 14.2. The van der Waals surface area contributed by atoms with Crippen LogP contribution in [-0.2, 0) is 11.3 Å². The van der Waals surface area contributed by atoms with Gasteiger partial charge < -0.3 is 9.84 Å². The molecule has 1 aliphatic rings. The number of rotatable bonds is 7. The first-order chi connectivity index (χ1) is 10.1. The summed E-state index contributed by atoms with van der Waals surface area (Å²) in [6, 6.07) is 0.627. The van der Waals surface area contributed by atoms with E-state index in [2.05, 4.69) is 24.3 Å². The van der Waals surface area contributed by atoms with Crippen molar-refractivity contribution < 1.29 is 9.84 Å². The molecule has 0 bridgehead atoms. The minimum Gasteiger partial charge on any atom is -0.396 e. The third kappa shape index (κ3) is 4.74. The number of nitrogens with zero attached hydrogens (tertiary/aromatic N) is 2. The van der Waals surface area contributed by atoms with Crippen LogP contribution in [0.15, 0.2) is 5.38 Å². The summed E-state index contributed by atoms with van der Waals surface area (Å²) >= 11 is 1.69. The summed E-state index contributed by atoms with van der Waals surface area (Å²) in [5.41, 5.74) is 1.15. The Morgan fingerprint density at radius 1 is 1.43 bits per heavy atom. The molecule has 120 valence electrons. The summed E-state index contributed by atoms with van der Waals surface area (Å²) in [4.78, 5) is 7.12. The first kappa shape index (κ1) is 16.9. The summed E-state index contributed by atoms with van der Waals surface area (Å²) in [5, 5.41) is 12.4. The Bertz CT molecular complexity index is 416. The van der Waals surface area contributed by atoms with Gasteiger partial charge in [0.15, 0.2) is 0 Å². The van der Waals surface area contributed by atoms with E-state index in [4.69, 9.17) is 9.72 Å². The van der Waals surface area contributed by atoms with E-state index in [0.29, 0.717) is 18.6 Å². The van der Waals surface area contributed by atoms with Crippen molar-refractivity contribution in [3.05, 3.63) is 16.1 Å². The van der Waals surface area contributed by atoms with Gasteiger partial charge in [0.25, 0.3) is 0 Å². The normalized spacial score (nSPS) is 24.4. The third-order valence-corrected chi connectivity index (χ3v) is 5.50. The minimum absolute atomic E-state index is 0.0963. The fraction of sp³-hybridized carbons (Fsp3) is 0.812. The molecule has 0 amide bonds. The standard InChI is InChI=1S/C16H28N2O2S/c1-4-20-12(2)16-17-14(11-21-16)9-18(3)15-7-5-13(10-19)6-8-15/h11-13,15,19H,4-10H2,1-3H3. The summed E-state index contributed by atoms with van der Waals surface area (Å²) in [6.07, 6.45) is 4.77. The maximum atomic E-state index is 9.22. The van der Waals surface area contributed by atoms with E-state index in [1.807, 2.05) is 6.92 Å². The average molecular weight is 312 g/mol. The lowest BCUT2D eigenvalue weighted by atomic mass is 9.86. The van der Waals surface area contributed by atoms with Gasteiger partial charge in [-0.15, -0.1) is 11.3 Å². The van der Waals surface area contributed by atoms with E-state index in [-0.39, 0.29) is 6.10 Å². The second-order valence-corrected chi connectivity index (χ2v) is 6.94. The Labute approximate surface area is 132 Å². The Kier molecular flexibility index (Phi) is 6.61. The zero-order chi connectivity index (χ0) is 15.2. The van der Waals surface area contributed by atoms with Crippen LogP contribution in [0.3, 0.4) is 0 Å². The highest BCUT2D eigenvalue weighted by Crippen LogP contribution is 2.28. The Morgan fingerprint density at radius 2 is 2.14 bits per heavy atom. The third-order valence-electron chi connectivity index (χ3n) is 4.44. The molecule has 0 aliphatic heterocycles. The molecule has 1 aliphatic carbocycles. The SMILES string of the molecule is CCOC(C)c1nc(CN(C)C2CCC(CO)CC2)cs1. The second-order valence-electron chi connectivity index (χ2n) is 6.05. The number of aliphatic hydroxyl groups is 1. The smallest absolute Gasteiger partial charge is 0.122 e. The summed E-state index contributed by atoms with van der Waals surface area (Å²) in [6.45, 7) is 6.06. The van der Waals surface area contributed by atoms with Crippen LogP contribution < -0.4 is 0 Å². The molecule has 0 aromatic carbocycles. The summed E-state index contributed by atoms with van der Waals surface area (Å²) < 4.78 is 5.60. The maximum Gasteiger partial charge on any atom is 0.122 e. The highest BCUT2D eigenvalue weighted by atomic mass is 32.1. The zero-order valence-electron chi connectivity index (χ0n) is 13.4. The molecule has 4 nitrogen and oxygen atoms in total. The van der Waals surface area contributed by atoms with E-state index >= 15 is 0 Å². The highest BCUT2D eigenvalue weighted by molar-refractivity contribution is 7.09. The van der Waals surface area contributed by atoms with E-state index < -0.39 is 0 Å². The van der Waals surface area contributed by atoms with E-state index in [1.165, 1.54) is 12.8 Å². The van der Waals surface area contributed by atoms with Crippen LogP contribution in [0.5, 0.6) is 0 Å². The van der Waals surface area contributed by atoms with Crippen LogP contribution in [0.1, 0.15) is 56.3 Å². The largest absolute Gasteiger partial charge is 0.396 e. The Hall–Kier alpha value is -0.490. The molecule has 21 heavy (non-hydrogen) atoms. The first-order valence-electron chi connectivity index (χ1n) is 8.01. The highest BCUT2D eigenvalue weighted by Gasteiger charge is 2.24. The van der Waals surface area contributed by atoms with Crippen LogP contribution >= 0.6 is 11.3 Å². The summed E-state index contributed by atoms with van der Waals surface area (Å²) in [7, 11) is 2.19. The van der Waals surface area contributed by atoms with Crippen molar-refractivity contribution >= 4 is 11.3 Å². The number of thiazole rings is 1. The Morgan fingerprint density at radius 3 is 2.76 bits per heavy atom. The van der Waals surface area contributed by atoms with Gasteiger partial charge in [0.2, 0.25) is 0 Å². The van der Waals surface area contributed by atoms with Crippen molar-refractivity contribution in [2.75, 3.05) is 20.3 Å². The second kappa shape index (κ2) is 8.22. The van der Waals surface area contributed by atoms with Gasteiger partial charge in [-0.3, -0.25) is 4.90 Å². The van der Waals surface area contributed by atoms with Crippen LogP contribution in [0.25, 0.3) is 0 Å². The van der Waals surface area contributed by atoms with Crippen molar-refractivity contribution in [1.82, 2.24) is 9.88 Å². The predicted molar refractivity (Wildman–Crippen MR) is 86.5 cm³/mol. The van der Waals surface area contributed by atoms with Gasteiger partial charge in [-0.2, -0.15) is 0 Å². The van der Waals surface area contributed by atoms with Gasteiger partial charge in [-0.25, -0.2) is 4.98 Å². The van der Waals surface area contributed by atoms with Gasteiger partial charge in [-0.1, -0.05) is 0 Å². The van der Waals surface area contributed by atoms with Crippen LogP contribution in [0.2, 0.25) is 0 Å². The molecule has 1 aromatic heterocycles. The lowest BCUT2D eigenvalue weighted by molar-refractivity contribution is 0.0759. The molecule has 1 N–H and O–H groups in total. The summed E-state index contributed by atoms with van der Waals surface area (Å²) in [5.74, 6) is 0.521. The van der Waals surface area contributed by atoms with Crippen LogP contribution in [0.4, 0.5) is 0 Å². The number of hydrogen-bond acceptors (Lipinski definition) is 5. The number of ether oxygens (including phenoxy) is 1. The van der Waals surface area contributed by atoms with Crippen molar-refractivity contribution in [2.45, 2.75) is 58.2 Å². The minimum atomic E-state index is 0.0963. The molecule has 2 rings (SSSR count). The van der Waals surface area contributed by atoms with Crippen LogP contribution in [0, 0.1) is 5.92 Å². The molecule has 0 saturated heterocycles. The molecule has 1 unspecified atom stereocenters. The molecule has 1 atom stereocenters. The lowest BCUT2D eigenvalue weighted by Gasteiger charge is -2.33. The molecule has 5 heteroatoms. The van der Waals surface area contributed by atoms with Gasteiger partial charge in [0.05, 0.1) is 5.69 Å². The van der Waals surface area contributed by atoms with E-state index in [9.17, 15) is 5.11 Å². The predicted octanol–water partition coefficient (Wildman–Crippen LogP) is 3.22. The fourth-order valence-corrected chi connectivity index (χ4v) is 3.87. The van der Waals surface area contributed by atoms with Crippen LogP contribution in [-0.4, -0.2) is 41.3 Å².